The van der Waals surface area contributed by atoms with E-state index in [0.29, 0.717) is 5.76 Å². The minimum Gasteiger partial charge on any atom is -0.480 e. The SMILES string of the molecule is Cc1nn(CC(=O)O)c(C)c1-c1ccco1. The fraction of sp³-hybridized carbons (Fsp3) is 0.273. The number of nitrogens with zero attached hydrogens (tertiary/aromatic N) is 2. The summed E-state index contributed by atoms with van der Waals surface area (Å²) in [5.74, 6) is -0.191. The van der Waals surface area contributed by atoms with Gasteiger partial charge in [0.05, 0.1) is 17.5 Å². The van der Waals surface area contributed by atoms with Crippen LogP contribution < -0.4 is 0 Å². The third-order valence-corrected chi connectivity index (χ3v) is 2.43. The number of hydrogen-bond acceptors (Lipinski definition) is 3. The van der Waals surface area contributed by atoms with Crippen LogP contribution in [0, 0.1) is 13.8 Å². The fourth-order valence-electron chi connectivity index (χ4n) is 1.76. The zero-order chi connectivity index (χ0) is 11.7. The molecule has 0 saturated carbocycles. The van der Waals surface area contributed by atoms with Gasteiger partial charge in [-0.2, -0.15) is 5.10 Å². The molecule has 0 fully saturated rings. The molecule has 2 aromatic rings. The molecule has 0 radical (unpaired) electrons. The molecule has 0 aliphatic heterocycles. The zero-order valence-electron chi connectivity index (χ0n) is 9.10. The molecule has 0 atom stereocenters. The van der Waals surface area contributed by atoms with E-state index in [1.165, 1.54) is 4.68 Å². The van der Waals surface area contributed by atoms with Gasteiger partial charge in [-0.05, 0) is 26.0 Å². The van der Waals surface area contributed by atoms with E-state index in [2.05, 4.69) is 5.10 Å². The van der Waals surface area contributed by atoms with Crippen LogP contribution in [0.1, 0.15) is 11.4 Å². The van der Waals surface area contributed by atoms with E-state index in [-0.39, 0.29) is 6.54 Å². The first-order valence-electron chi connectivity index (χ1n) is 4.89. The Hall–Kier alpha value is -2.04. The van der Waals surface area contributed by atoms with Crippen LogP contribution in [0.25, 0.3) is 11.3 Å². The van der Waals surface area contributed by atoms with Crippen molar-refractivity contribution in [1.82, 2.24) is 9.78 Å². The number of aryl methyl sites for hydroxylation is 1. The molecule has 2 rings (SSSR count). The van der Waals surface area contributed by atoms with Gasteiger partial charge in [-0.3, -0.25) is 9.48 Å². The van der Waals surface area contributed by atoms with E-state index in [0.717, 1.165) is 17.0 Å². The van der Waals surface area contributed by atoms with Crippen molar-refractivity contribution in [2.24, 2.45) is 0 Å². The summed E-state index contributed by atoms with van der Waals surface area (Å²) in [6, 6.07) is 3.63. The maximum absolute atomic E-state index is 10.6. The Bertz CT molecular complexity index is 512. The van der Waals surface area contributed by atoms with Crippen molar-refractivity contribution in [2.75, 3.05) is 0 Å². The molecule has 0 saturated heterocycles. The van der Waals surface area contributed by atoms with Crippen LogP contribution in [0.4, 0.5) is 0 Å². The van der Waals surface area contributed by atoms with E-state index in [1.807, 2.05) is 19.9 Å². The number of furan rings is 1. The Kier molecular flexibility index (Phi) is 2.52. The number of aromatic nitrogens is 2. The Labute approximate surface area is 92.3 Å². The molecule has 0 amide bonds. The van der Waals surface area contributed by atoms with Crippen molar-refractivity contribution in [3.8, 4) is 11.3 Å². The second-order valence-electron chi connectivity index (χ2n) is 3.57. The molecular formula is C11H12N2O3. The molecule has 1 N–H and O–H groups in total. The number of carbonyl (C=O) groups is 1. The first-order chi connectivity index (χ1) is 7.59. The first-order valence-corrected chi connectivity index (χ1v) is 4.89. The Balaban J connectivity index is 2.47. The van der Waals surface area contributed by atoms with Gasteiger partial charge in [-0.1, -0.05) is 0 Å². The van der Waals surface area contributed by atoms with E-state index >= 15 is 0 Å². The van der Waals surface area contributed by atoms with E-state index in [4.69, 9.17) is 9.52 Å². The van der Waals surface area contributed by atoms with Crippen molar-refractivity contribution in [3.05, 3.63) is 29.8 Å². The van der Waals surface area contributed by atoms with Crippen LogP contribution in [0.2, 0.25) is 0 Å². The molecule has 0 aliphatic rings. The molecule has 84 valence electrons. The highest BCUT2D eigenvalue weighted by Crippen LogP contribution is 2.26. The van der Waals surface area contributed by atoms with Gasteiger partial charge in [0.2, 0.25) is 0 Å². The molecule has 0 bridgehead atoms. The highest BCUT2D eigenvalue weighted by molar-refractivity contribution is 5.68. The first kappa shape index (κ1) is 10.5. The van der Waals surface area contributed by atoms with Crippen LogP contribution in [0.3, 0.4) is 0 Å². The third kappa shape index (κ3) is 1.71. The lowest BCUT2D eigenvalue weighted by atomic mass is 10.1. The van der Waals surface area contributed by atoms with Crippen molar-refractivity contribution in [1.29, 1.82) is 0 Å². The van der Waals surface area contributed by atoms with Crippen LogP contribution in [-0.4, -0.2) is 20.9 Å². The monoisotopic (exact) mass is 220 g/mol. The number of hydrogen-bond donors (Lipinski definition) is 1. The Morgan fingerprint density at radius 1 is 1.56 bits per heavy atom. The molecule has 2 heterocycles. The van der Waals surface area contributed by atoms with Gasteiger partial charge < -0.3 is 9.52 Å². The third-order valence-electron chi connectivity index (χ3n) is 2.43. The van der Waals surface area contributed by atoms with E-state index in [1.54, 1.807) is 12.3 Å². The minimum atomic E-state index is -0.906. The van der Waals surface area contributed by atoms with Crippen LogP contribution in [0.5, 0.6) is 0 Å². The van der Waals surface area contributed by atoms with Gasteiger partial charge in [-0.15, -0.1) is 0 Å². The summed E-state index contributed by atoms with van der Waals surface area (Å²) in [7, 11) is 0. The second kappa shape index (κ2) is 3.84. The van der Waals surface area contributed by atoms with Crippen LogP contribution in [0.15, 0.2) is 22.8 Å². The minimum absolute atomic E-state index is 0.132. The van der Waals surface area contributed by atoms with Gasteiger partial charge in [-0.25, -0.2) is 0 Å². The highest BCUT2D eigenvalue weighted by Gasteiger charge is 2.16. The lowest BCUT2D eigenvalue weighted by molar-refractivity contribution is -0.137. The maximum atomic E-state index is 10.6. The fourth-order valence-corrected chi connectivity index (χ4v) is 1.76. The maximum Gasteiger partial charge on any atom is 0.325 e. The lowest BCUT2D eigenvalue weighted by Crippen LogP contribution is -2.11. The Morgan fingerprint density at radius 2 is 2.31 bits per heavy atom. The van der Waals surface area contributed by atoms with E-state index < -0.39 is 5.97 Å². The smallest absolute Gasteiger partial charge is 0.325 e. The summed E-state index contributed by atoms with van der Waals surface area (Å²) in [6.07, 6.45) is 1.59. The van der Waals surface area contributed by atoms with Gasteiger partial charge in [0.1, 0.15) is 12.3 Å². The topological polar surface area (TPSA) is 68.3 Å². The molecule has 16 heavy (non-hydrogen) atoms. The Morgan fingerprint density at radius 3 is 2.88 bits per heavy atom. The average Bonchev–Trinajstić information content (AvgIpc) is 2.76. The summed E-state index contributed by atoms with van der Waals surface area (Å²) in [5, 5.41) is 12.9. The van der Waals surface area contributed by atoms with E-state index in [9.17, 15) is 4.79 Å². The summed E-state index contributed by atoms with van der Waals surface area (Å²) in [6.45, 7) is 3.54. The molecular weight excluding hydrogens is 208 g/mol. The molecule has 0 spiro atoms. The summed E-state index contributed by atoms with van der Waals surface area (Å²) in [4.78, 5) is 10.6. The number of carboxylic acids is 1. The van der Waals surface area contributed by atoms with Crippen molar-refractivity contribution in [3.63, 3.8) is 0 Å². The van der Waals surface area contributed by atoms with Crippen molar-refractivity contribution >= 4 is 5.97 Å². The van der Waals surface area contributed by atoms with Gasteiger partial charge >= 0.3 is 5.97 Å². The molecule has 0 aliphatic carbocycles. The van der Waals surface area contributed by atoms with Crippen LogP contribution in [-0.2, 0) is 11.3 Å². The van der Waals surface area contributed by atoms with Crippen LogP contribution >= 0.6 is 0 Å². The predicted octanol–water partition coefficient (Wildman–Crippen LogP) is 1.84. The van der Waals surface area contributed by atoms with Crippen molar-refractivity contribution < 1.29 is 14.3 Å². The lowest BCUT2D eigenvalue weighted by Gasteiger charge is -2.00. The predicted molar refractivity (Wildman–Crippen MR) is 57.0 cm³/mol. The van der Waals surface area contributed by atoms with Crippen molar-refractivity contribution in [2.45, 2.75) is 20.4 Å². The molecule has 2 aromatic heterocycles. The number of carboxylic acid groups (broad SMARTS) is 1. The standard InChI is InChI=1S/C11H12N2O3/c1-7-11(9-4-3-5-16-9)8(2)13(12-7)6-10(14)15/h3-5H,6H2,1-2H3,(H,14,15). The molecule has 5 nitrogen and oxygen atoms in total. The average molecular weight is 220 g/mol. The normalized spacial score (nSPS) is 10.6. The largest absolute Gasteiger partial charge is 0.480 e. The number of aliphatic carboxylic acids is 1. The zero-order valence-corrected chi connectivity index (χ0v) is 9.10. The summed E-state index contributed by atoms with van der Waals surface area (Å²) >= 11 is 0. The van der Waals surface area contributed by atoms with Gasteiger partial charge in [0.25, 0.3) is 0 Å². The molecule has 5 heteroatoms. The molecule has 0 unspecified atom stereocenters. The quantitative estimate of drug-likeness (QED) is 0.856. The highest BCUT2D eigenvalue weighted by atomic mass is 16.4. The summed E-state index contributed by atoms with van der Waals surface area (Å²) in [5.41, 5.74) is 2.44. The number of rotatable bonds is 3. The van der Waals surface area contributed by atoms with Gasteiger partial charge in [0, 0.05) is 5.69 Å². The van der Waals surface area contributed by atoms with Gasteiger partial charge in [0.15, 0.2) is 0 Å². The summed E-state index contributed by atoms with van der Waals surface area (Å²) < 4.78 is 6.77. The molecule has 0 aromatic carbocycles. The second-order valence-corrected chi connectivity index (χ2v) is 3.57.